The van der Waals surface area contributed by atoms with E-state index in [2.05, 4.69) is 10.2 Å². The van der Waals surface area contributed by atoms with Crippen molar-refractivity contribution in [2.24, 2.45) is 0 Å². The molecule has 0 unspecified atom stereocenters. The molecule has 1 fully saturated rings. The number of ether oxygens (including phenoxy) is 1. The molecule has 1 saturated heterocycles. The second kappa shape index (κ2) is 7.06. The highest BCUT2D eigenvalue weighted by molar-refractivity contribution is 5.96. The Hall–Kier alpha value is -1.99. The van der Waals surface area contributed by atoms with E-state index in [1.54, 1.807) is 13.0 Å². The highest BCUT2D eigenvalue weighted by atomic mass is 16.6. The summed E-state index contributed by atoms with van der Waals surface area (Å²) < 4.78 is 5.41. The van der Waals surface area contributed by atoms with Crippen molar-refractivity contribution in [1.82, 2.24) is 10.2 Å². The lowest BCUT2D eigenvalue weighted by atomic mass is 9.88. The summed E-state index contributed by atoms with van der Waals surface area (Å²) in [6, 6.07) is 4.34. The van der Waals surface area contributed by atoms with E-state index in [1.807, 2.05) is 14.1 Å². The third kappa shape index (κ3) is 3.86. The number of carbonyl (C=O) groups excluding carboxylic acids is 1. The average Bonchev–Trinajstić information content (AvgIpc) is 2.53. The van der Waals surface area contributed by atoms with Crippen LogP contribution in [0.25, 0.3) is 0 Å². The first kappa shape index (κ1) is 17.4. The van der Waals surface area contributed by atoms with Crippen molar-refractivity contribution >= 4 is 11.6 Å². The fourth-order valence-corrected chi connectivity index (χ4v) is 2.84. The van der Waals surface area contributed by atoms with Crippen LogP contribution < -0.4 is 5.32 Å². The van der Waals surface area contributed by atoms with Gasteiger partial charge in [0, 0.05) is 43.0 Å². The van der Waals surface area contributed by atoms with Crippen LogP contribution in [0, 0.1) is 17.0 Å². The van der Waals surface area contributed by atoms with Gasteiger partial charge in [-0.2, -0.15) is 0 Å². The molecule has 1 amide bonds. The SMILES string of the molecule is Cc1ccc([N+](=O)[O-])cc1C(=O)NCC1(N(C)C)CCOCC1. The molecule has 0 bridgehead atoms. The number of hydrogen-bond acceptors (Lipinski definition) is 5. The zero-order valence-electron chi connectivity index (χ0n) is 13.8. The van der Waals surface area contributed by atoms with Gasteiger partial charge in [0.25, 0.3) is 11.6 Å². The molecule has 126 valence electrons. The summed E-state index contributed by atoms with van der Waals surface area (Å²) in [5.74, 6) is -0.279. The largest absolute Gasteiger partial charge is 0.381 e. The molecule has 1 aliphatic rings. The van der Waals surface area contributed by atoms with Crippen LogP contribution in [0.2, 0.25) is 0 Å². The molecule has 0 saturated carbocycles. The van der Waals surface area contributed by atoms with E-state index in [0.29, 0.717) is 25.3 Å². The fourth-order valence-electron chi connectivity index (χ4n) is 2.84. The molecule has 2 rings (SSSR count). The van der Waals surface area contributed by atoms with Crippen LogP contribution in [0.15, 0.2) is 18.2 Å². The van der Waals surface area contributed by atoms with Gasteiger partial charge in [-0.3, -0.25) is 14.9 Å². The van der Waals surface area contributed by atoms with Crippen molar-refractivity contribution in [3.8, 4) is 0 Å². The maximum Gasteiger partial charge on any atom is 0.270 e. The Labute approximate surface area is 135 Å². The van der Waals surface area contributed by atoms with Gasteiger partial charge < -0.3 is 15.0 Å². The van der Waals surface area contributed by atoms with Gasteiger partial charge in [0.05, 0.1) is 4.92 Å². The Morgan fingerprint density at radius 2 is 2.04 bits per heavy atom. The Bertz CT molecular complexity index is 595. The number of carbonyl (C=O) groups is 1. The van der Waals surface area contributed by atoms with Crippen molar-refractivity contribution in [3.05, 3.63) is 39.4 Å². The lowest BCUT2D eigenvalue weighted by Gasteiger charge is -2.42. The van der Waals surface area contributed by atoms with Gasteiger partial charge in [0.15, 0.2) is 0 Å². The molecular formula is C16H23N3O4. The minimum Gasteiger partial charge on any atom is -0.381 e. The lowest BCUT2D eigenvalue weighted by Crippen LogP contribution is -2.55. The first-order valence-electron chi connectivity index (χ1n) is 7.64. The summed E-state index contributed by atoms with van der Waals surface area (Å²) in [6.07, 6.45) is 1.68. The summed E-state index contributed by atoms with van der Waals surface area (Å²) in [4.78, 5) is 25.0. The van der Waals surface area contributed by atoms with Crippen molar-refractivity contribution < 1.29 is 14.5 Å². The second-order valence-corrected chi connectivity index (χ2v) is 6.17. The molecule has 1 heterocycles. The molecule has 23 heavy (non-hydrogen) atoms. The summed E-state index contributed by atoms with van der Waals surface area (Å²) in [5, 5.41) is 13.8. The second-order valence-electron chi connectivity index (χ2n) is 6.17. The van der Waals surface area contributed by atoms with Crippen molar-refractivity contribution in [2.75, 3.05) is 33.9 Å². The normalized spacial score (nSPS) is 17.0. The number of benzene rings is 1. The molecule has 0 aliphatic carbocycles. The minimum atomic E-state index is -0.490. The third-order valence-electron chi connectivity index (χ3n) is 4.63. The molecule has 0 radical (unpaired) electrons. The topological polar surface area (TPSA) is 84.7 Å². The van der Waals surface area contributed by atoms with Gasteiger partial charge >= 0.3 is 0 Å². The molecule has 1 N–H and O–H groups in total. The fraction of sp³-hybridized carbons (Fsp3) is 0.562. The number of nitro benzene ring substituents is 1. The summed E-state index contributed by atoms with van der Waals surface area (Å²) >= 11 is 0. The molecule has 7 nitrogen and oxygen atoms in total. The Balaban J connectivity index is 2.12. The zero-order valence-corrected chi connectivity index (χ0v) is 13.8. The first-order valence-corrected chi connectivity index (χ1v) is 7.64. The van der Waals surface area contributed by atoms with Gasteiger partial charge in [-0.05, 0) is 39.4 Å². The minimum absolute atomic E-state index is 0.0749. The molecule has 1 aromatic carbocycles. The Morgan fingerprint density at radius 1 is 1.39 bits per heavy atom. The summed E-state index contributed by atoms with van der Waals surface area (Å²) in [5.41, 5.74) is 0.857. The standard InChI is InChI=1S/C16H23N3O4/c1-12-4-5-13(19(21)22)10-14(12)15(20)17-11-16(18(2)3)6-8-23-9-7-16/h4-5,10H,6-9,11H2,1-3H3,(H,17,20). The van der Waals surface area contributed by atoms with E-state index < -0.39 is 4.92 Å². The van der Waals surface area contributed by atoms with Crippen LogP contribution in [0.1, 0.15) is 28.8 Å². The zero-order chi connectivity index (χ0) is 17.0. The Morgan fingerprint density at radius 3 is 2.61 bits per heavy atom. The van der Waals surface area contributed by atoms with Crippen molar-refractivity contribution in [2.45, 2.75) is 25.3 Å². The molecule has 1 aliphatic heterocycles. The highest BCUT2D eigenvalue weighted by Gasteiger charge is 2.35. The van der Waals surface area contributed by atoms with E-state index in [1.165, 1.54) is 12.1 Å². The predicted molar refractivity (Wildman–Crippen MR) is 86.6 cm³/mol. The summed E-state index contributed by atoms with van der Waals surface area (Å²) in [6.45, 7) is 3.60. The predicted octanol–water partition coefficient (Wildman–Crippen LogP) is 1.74. The molecule has 0 atom stereocenters. The van der Waals surface area contributed by atoms with Crippen LogP contribution in [0.3, 0.4) is 0 Å². The van der Waals surface area contributed by atoms with E-state index in [4.69, 9.17) is 4.74 Å². The van der Waals surface area contributed by atoms with Gasteiger partial charge in [-0.25, -0.2) is 0 Å². The highest BCUT2D eigenvalue weighted by Crippen LogP contribution is 2.25. The van der Waals surface area contributed by atoms with E-state index in [-0.39, 0.29) is 17.1 Å². The monoisotopic (exact) mass is 321 g/mol. The molecule has 7 heteroatoms. The van der Waals surface area contributed by atoms with Crippen LogP contribution in [0.5, 0.6) is 0 Å². The van der Waals surface area contributed by atoms with Crippen molar-refractivity contribution in [1.29, 1.82) is 0 Å². The summed E-state index contributed by atoms with van der Waals surface area (Å²) in [7, 11) is 3.99. The first-order chi connectivity index (χ1) is 10.9. The molecular weight excluding hydrogens is 298 g/mol. The molecule has 1 aromatic rings. The number of likely N-dealkylation sites (N-methyl/N-ethyl adjacent to an activating group) is 1. The quantitative estimate of drug-likeness (QED) is 0.659. The number of nitrogens with zero attached hydrogens (tertiary/aromatic N) is 2. The lowest BCUT2D eigenvalue weighted by molar-refractivity contribution is -0.384. The number of rotatable bonds is 5. The van der Waals surface area contributed by atoms with E-state index in [0.717, 1.165) is 18.4 Å². The number of nitro groups is 1. The average molecular weight is 321 g/mol. The third-order valence-corrected chi connectivity index (χ3v) is 4.63. The maximum absolute atomic E-state index is 12.5. The van der Waals surface area contributed by atoms with Crippen LogP contribution in [-0.4, -0.2) is 55.1 Å². The smallest absolute Gasteiger partial charge is 0.270 e. The van der Waals surface area contributed by atoms with Gasteiger partial charge in [0.2, 0.25) is 0 Å². The number of aryl methyl sites for hydroxylation is 1. The molecule has 0 spiro atoms. The number of amides is 1. The van der Waals surface area contributed by atoms with Crippen molar-refractivity contribution in [3.63, 3.8) is 0 Å². The number of non-ortho nitro benzene ring substituents is 1. The number of hydrogen-bond donors (Lipinski definition) is 1. The maximum atomic E-state index is 12.5. The van der Waals surface area contributed by atoms with Crippen LogP contribution >= 0.6 is 0 Å². The van der Waals surface area contributed by atoms with Crippen LogP contribution in [0.4, 0.5) is 5.69 Å². The van der Waals surface area contributed by atoms with Gasteiger partial charge in [-0.1, -0.05) is 6.07 Å². The van der Waals surface area contributed by atoms with E-state index >= 15 is 0 Å². The molecule has 0 aromatic heterocycles. The number of nitrogens with one attached hydrogen (secondary N) is 1. The van der Waals surface area contributed by atoms with Crippen LogP contribution in [-0.2, 0) is 4.74 Å². The van der Waals surface area contributed by atoms with Gasteiger partial charge in [-0.15, -0.1) is 0 Å². The van der Waals surface area contributed by atoms with E-state index in [9.17, 15) is 14.9 Å². The van der Waals surface area contributed by atoms with Gasteiger partial charge in [0.1, 0.15) is 0 Å². The Kier molecular flexibility index (Phi) is 5.33.